The second kappa shape index (κ2) is 7.99. The molecule has 2 aromatic rings. The third-order valence-electron chi connectivity index (χ3n) is 2.94. The number of nitrogens with zero attached hydrogens (tertiary/aromatic N) is 1. The summed E-state index contributed by atoms with van der Waals surface area (Å²) in [4.78, 5) is 11.9. The van der Waals surface area contributed by atoms with Gasteiger partial charge in [-0.3, -0.25) is 4.79 Å². The first kappa shape index (κ1) is 17.3. The maximum absolute atomic E-state index is 11.9. The summed E-state index contributed by atoms with van der Waals surface area (Å²) in [5.41, 5.74) is 3.67. The predicted molar refractivity (Wildman–Crippen MR) is 93.8 cm³/mol. The number of hydrogen-bond acceptors (Lipinski definition) is 4. The van der Waals surface area contributed by atoms with Crippen LogP contribution in [0.4, 0.5) is 0 Å². The SMILES string of the molecule is COc1cc(/C=N\NC(=O)c2ccc(Cl)cc2)cc(Br)c1OC. The standard InChI is InChI=1S/C16H14BrClN2O3/c1-22-14-8-10(7-13(17)15(14)23-2)9-19-20-16(21)11-3-5-12(18)6-4-11/h3-9H,1-2H3,(H,20,21)/b19-9-. The van der Waals surface area contributed by atoms with E-state index in [1.807, 2.05) is 0 Å². The second-order valence-corrected chi connectivity index (χ2v) is 5.74. The van der Waals surface area contributed by atoms with Crippen molar-refractivity contribution in [3.05, 3.63) is 57.0 Å². The van der Waals surface area contributed by atoms with Crippen LogP contribution in [0, 0.1) is 0 Å². The van der Waals surface area contributed by atoms with Crippen molar-refractivity contribution in [3.63, 3.8) is 0 Å². The van der Waals surface area contributed by atoms with Crippen LogP contribution in [0.25, 0.3) is 0 Å². The zero-order chi connectivity index (χ0) is 16.8. The van der Waals surface area contributed by atoms with Gasteiger partial charge in [0.25, 0.3) is 5.91 Å². The fourth-order valence-electron chi connectivity index (χ4n) is 1.84. The van der Waals surface area contributed by atoms with Gasteiger partial charge < -0.3 is 9.47 Å². The van der Waals surface area contributed by atoms with Gasteiger partial charge in [0.05, 0.1) is 24.9 Å². The molecule has 0 heterocycles. The first-order valence-corrected chi connectivity index (χ1v) is 7.72. The smallest absolute Gasteiger partial charge is 0.271 e. The Hall–Kier alpha value is -2.05. The molecular formula is C16H14BrClN2O3. The second-order valence-electron chi connectivity index (χ2n) is 4.44. The van der Waals surface area contributed by atoms with Gasteiger partial charge in [0, 0.05) is 10.6 Å². The number of benzene rings is 2. The monoisotopic (exact) mass is 396 g/mol. The van der Waals surface area contributed by atoms with E-state index in [2.05, 4.69) is 26.5 Å². The molecule has 2 rings (SSSR count). The zero-order valence-corrected chi connectivity index (χ0v) is 14.8. The van der Waals surface area contributed by atoms with E-state index in [0.29, 0.717) is 22.1 Å². The number of nitrogens with one attached hydrogen (secondary N) is 1. The highest BCUT2D eigenvalue weighted by Crippen LogP contribution is 2.35. The topological polar surface area (TPSA) is 59.9 Å². The Morgan fingerprint density at radius 3 is 2.52 bits per heavy atom. The minimum Gasteiger partial charge on any atom is -0.493 e. The minimum atomic E-state index is -0.322. The maximum atomic E-state index is 11.9. The Labute approximate surface area is 147 Å². The van der Waals surface area contributed by atoms with Crippen LogP contribution < -0.4 is 14.9 Å². The highest BCUT2D eigenvalue weighted by Gasteiger charge is 2.09. The molecule has 5 nitrogen and oxygen atoms in total. The van der Waals surface area contributed by atoms with E-state index in [1.165, 1.54) is 6.21 Å². The molecule has 0 bridgehead atoms. The van der Waals surface area contributed by atoms with Gasteiger partial charge in [0.1, 0.15) is 0 Å². The normalized spacial score (nSPS) is 10.6. The molecule has 1 amide bonds. The summed E-state index contributed by atoms with van der Waals surface area (Å²) < 4.78 is 11.2. The lowest BCUT2D eigenvalue weighted by Gasteiger charge is -2.10. The van der Waals surface area contributed by atoms with Gasteiger partial charge in [0.2, 0.25) is 0 Å². The maximum Gasteiger partial charge on any atom is 0.271 e. The molecule has 0 aliphatic heterocycles. The van der Waals surface area contributed by atoms with Gasteiger partial charge >= 0.3 is 0 Å². The molecule has 7 heteroatoms. The van der Waals surface area contributed by atoms with Crippen LogP contribution in [0.1, 0.15) is 15.9 Å². The van der Waals surface area contributed by atoms with Crippen LogP contribution >= 0.6 is 27.5 Å². The van der Waals surface area contributed by atoms with Crippen molar-refractivity contribution >= 4 is 39.7 Å². The van der Waals surface area contributed by atoms with E-state index >= 15 is 0 Å². The zero-order valence-electron chi connectivity index (χ0n) is 12.5. The molecule has 23 heavy (non-hydrogen) atoms. The Kier molecular flexibility index (Phi) is 6.01. The molecule has 1 N–H and O–H groups in total. The Morgan fingerprint density at radius 2 is 1.91 bits per heavy atom. The molecule has 0 saturated heterocycles. The largest absolute Gasteiger partial charge is 0.493 e. The summed E-state index contributed by atoms with van der Waals surface area (Å²) in [6, 6.07) is 10.1. The molecule has 0 atom stereocenters. The third kappa shape index (κ3) is 4.46. The first-order chi connectivity index (χ1) is 11.0. The Morgan fingerprint density at radius 1 is 1.22 bits per heavy atom. The van der Waals surface area contributed by atoms with Crippen LogP contribution in [-0.2, 0) is 0 Å². The number of carbonyl (C=O) groups excluding carboxylic acids is 1. The minimum absolute atomic E-state index is 0.322. The van der Waals surface area contributed by atoms with Gasteiger partial charge in [-0.15, -0.1) is 0 Å². The van der Waals surface area contributed by atoms with Crippen molar-refractivity contribution in [1.82, 2.24) is 5.43 Å². The number of hydrazone groups is 1. The summed E-state index contributed by atoms with van der Waals surface area (Å²) in [7, 11) is 3.11. The molecule has 120 valence electrons. The highest BCUT2D eigenvalue weighted by atomic mass is 79.9. The lowest BCUT2D eigenvalue weighted by Crippen LogP contribution is -2.17. The van der Waals surface area contributed by atoms with Gasteiger partial charge in [-0.2, -0.15) is 5.10 Å². The average Bonchev–Trinajstić information content (AvgIpc) is 2.54. The van der Waals surface area contributed by atoms with Crippen LogP contribution in [0.5, 0.6) is 11.5 Å². The molecular weight excluding hydrogens is 384 g/mol. The number of carbonyl (C=O) groups is 1. The Bertz CT molecular complexity index is 733. The fourth-order valence-corrected chi connectivity index (χ4v) is 2.59. The molecule has 0 fully saturated rings. The number of amides is 1. The summed E-state index contributed by atoms with van der Waals surface area (Å²) in [5, 5.41) is 4.51. The summed E-state index contributed by atoms with van der Waals surface area (Å²) in [5.74, 6) is 0.833. The van der Waals surface area contributed by atoms with Crippen molar-refractivity contribution < 1.29 is 14.3 Å². The van der Waals surface area contributed by atoms with Crippen molar-refractivity contribution in [2.24, 2.45) is 5.10 Å². The van der Waals surface area contributed by atoms with Gasteiger partial charge in [0.15, 0.2) is 11.5 Å². The van der Waals surface area contributed by atoms with Crippen molar-refractivity contribution in [2.75, 3.05) is 14.2 Å². The summed E-state index contributed by atoms with van der Waals surface area (Å²) >= 11 is 9.18. The van der Waals surface area contributed by atoms with Crippen molar-refractivity contribution in [1.29, 1.82) is 0 Å². The number of halogens is 2. The van der Waals surface area contributed by atoms with Gasteiger partial charge in [-0.25, -0.2) is 5.43 Å². The van der Waals surface area contributed by atoms with E-state index in [9.17, 15) is 4.79 Å². The summed E-state index contributed by atoms with van der Waals surface area (Å²) in [6.45, 7) is 0. The van der Waals surface area contributed by atoms with Crippen molar-refractivity contribution in [3.8, 4) is 11.5 Å². The van der Waals surface area contributed by atoms with Crippen LogP contribution in [-0.4, -0.2) is 26.3 Å². The van der Waals surface area contributed by atoms with E-state index in [4.69, 9.17) is 21.1 Å². The van der Waals surface area contributed by atoms with Gasteiger partial charge in [-0.05, 0) is 57.9 Å². The molecule has 0 aliphatic carbocycles. The van der Waals surface area contributed by atoms with Crippen LogP contribution in [0.15, 0.2) is 46.0 Å². The molecule has 0 spiro atoms. The highest BCUT2D eigenvalue weighted by molar-refractivity contribution is 9.10. The van der Waals surface area contributed by atoms with E-state index in [0.717, 1.165) is 10.0 Å². The molecule has 0 saturated carbocycles. The lowest BCUT2D eigenvalue weighted by atomic mass is 10.2. The molecule has 2 aromatic carbocycles. The van der Waals surface area contributed by atoms with Crippen LogP contribution in [0.2, 0.25) is 5.02 Å². The molecule has 0 unspecified atom stereocenters. The predicted octanol–water partition coefficient (Wildman–Crippen LogP) is 3.88. The van der Waals surface area contributed by atoms with Crippen molar-refractivity contribution in [2.45, 2.75) is 0 Å². The Balaban J connectivity index is 2.10. The lowest BCUT2D eigenvalue weighted by molar-refractivity contribution is 0.0955. The fraction of sp³-hybridized carbons (Fsp3) is 0.125. The number of methoxy groups -OCH3 is 2. The van der Waals surface area contributed by atoms with E-state index in [1.54, 1.807) is 50.6 Å². The average molecular weight is 398 g/mol. The number of rotatable bonds is 5. The quantitative estimate of drug-likeness (QED) is 0.615. The summed E-state index contributed by atoms with van der Waals surface area (Å²) in [6.07, 6.45) is 1.51. The van der Waals surface area contributed by atoms with Gasteiger partial charge in [-0.1, -0.05) is 11.6 Å². The molecule has 0 aliphatic rings. The van der Waals surface area contributed by atoms with E-state index < -0.39 is 0 Å². The van der Waals surface area contributed by atoms with E-state index in [-0.39, 0.29) is 5.91 Å². The number of hydrogen-bond donors (Lipinski definition) is 1. The molecule has 0 aromatic heterocycles. The first-order valence-electron chi connectivity index (χ1n) is 6.55. The van der Waals surface area contributed by atoms with Crippen LogP contribution in [0.3, 0.4) is 0 Å². The third-order valence-corrected chi connectivity index (χ3v) is 3.78. The molecule has 0 radical (unpaired) electrons. The number of ether oxygens (including phenoxy) is 2.